The molecule has 0 saturated heterocycles. The lowest BCUT2D eigenvalue weighted by atomic mass is 10.0. The Kier molecular flexibility index (Phi) is 3.64. The van der Waals surface area contributed by atoms with Gasteiger partial charge in [0.05, 0.1) is 6.04 Å². The van der Waals surface area contributed by atoms with E-state index in [0.29, 0.717) is 28.6 Å². The van der Waals surface area contributed by atoms with Gasteiger partial charge >= 0.3 is 0 Å². The maximum absolute atomic E-state index is 13.8. The van der Waals surface area contributed by atoms with E-state index >= 15 is 0 Å². The van der Waals surface area contributed by atoms with Gasteiger partial charge in [-0.25, -0.2) is 4.39 Å². The van der Waals surface area contributed by atoms with Gasteiger partial charge in [0.2, 0.25) is 11.7 Å². The Morgan fingerprint density at radius 3 is 2.71 bits per heavy atom. The minimum Gasteiger partial charge on any atom is -0.396 e. The first-order valence-electron chi connectivity index (χ1n) is 6.58. The van der Waals surface area contributed by atoms with Gasteiger partial charge < -0.3 is 15.4 Å². The third-order valence-electron chi connectivity index (χ3n) is 3.31. The second-order valence-corrected chi connectivity index (χ2v) is 4.72. The molecule has 0 fully saturated rings. The lowest BCUT2D eigenvalue weighted by molar-refractivity contribution is 0.259. The molecule has 6 heteroatoms. The Labute approximate surface area is 120 Å². The molecule has 21 heavy (non-hydrogen) atoms. The van der Waals surface area contributed by atoms with Crippen molar-refractivity contribution >= 4 is 10.8 Å². The van der Waals surface area contributed by atoms with E-state index in [4.69, 9.17) is 15.4 Å². The molecule has 1 unspecified atom stereocenters. The van der Waals surface area contributed by atoms with Crippen molar-refractivity contribution in [1.82, 2.24) is 10.1 Å². The first-order chi connectivity index (χ1) is 10.2. The molecule has 1 heterocycles. The van der Waals surface area contributed by atoms with E-state index in [9.17, 15) is 4.39 Å². The molecule has 5 nitrogen and oxygen atoms in total. The Bertz CT molecular complexity index is 772. The van der Waals surface area contributed by atoms with Crippen LogP contribution in [0.25, 0.3) is 22.2 Å². The second-order valence-electron chi connectivity index (χ2n) is 4.72. The molecule has 3 aromatic rings. The number of aromatic nitrogens is 2. The first kappa shape index (κ1) is 13.7. The molecule has 108 valence electrons. The summed E-state index contributed by atoms with van der Waals surface area (Å²) in [6.45, 7) is -0.0572. The number of hydrogen-bond acceptors (Lipinski definition) is 5. The van der Waals surface area contributed by atoms with Gasteiger partial charge in [-0.1, -0.05) is 29.4 Å². The summed E-state index contributed by atoms with van der Waals surface area (Å²) >= 11 is 0. The standard InChI is InChI=1S/C15H14FN3O2/c16-12-6-5-11(9-3-1-2-4-10(9)12)14-18-15(21-19-14)13(17)7-8-20/h1-6,13,20H,7-8,17H2. The fraction of sp³-hybridized carbons (Fsp3) is 0.200. The third kappa shape index (κ3) is 2.51. The summed E-state index contributed by atoms with van der Waals surface area (Å²) in [5.41, 5.74) is 6.50. The minimum absolute atomic E-state index is 0.0572. The van der Waals surface area contributed by atoms with Crippen molar-refractivity contribution in [3.05, 3.63) is 48.1 Å². The number of fused-ring (bicyclic) bond motifs is 1. The molecule has 1 aromatic heterocycles. The summed E-state index contributed by atoms with van der Waals surface area (Å²) in [4.78, 5) is 4.24. The van der Waals surface area contributed by atoms with Crippen molar-refractivity contribution in [3.63, 3.8) is 0 Å². The molecule has 0 aliphatic heterocycles. The molecule has 0 bridgehead atoms. The average Bonchev–Trinajstić information content (AvgIpc) is 2.98. The topological polar surface area (TPSA) is 85.2 Å². The highest BCUT2D eigenvalue weighted by molar-refractivity contribution is 5.95. The van der Waals surface area contributed by atoms with Crippen LogP contribution in [0, 0.1) is 5.82 Å². The molecule has 0 radical (unpaired) electrons. The minimum atomic E-state index is -0.511. The lowest BCUT2D eigenvalue weighted by Crippen LogP contribution is -2.12. The maximum Gasteiger partial charge on any atom is 0.243 e. The molecule has 0 saturated carbocycles. The van der Waals surface area contributed by atoms with Crippen molar-refractivity contribution in [3.8, 4) is 11.4 Å². The number of aliphatic hydroxyl groups is 1. The van der Waals surface area contributed by atoms with Gasteiger partial charge in [0.15, 0.2) is 0 Å². The average molecular weight is 287 g/mol. The quantitative estimate of drug-likeness (QED) is 0.769. The van der Waals surface area contributed by atoms with Crippen molar-refractivity contribution in [2.24, 2.45) is 5.73 Å². The SMILES string of the molecule is NC(CCO)c1nc(-c2ccc(F)c3ccccc23)no1. The van der Waals surface area contributed by atoms with Crippen LogP contribution in [0.5, 0.6) is 0 Å². The van der Waals surface area contributed by atoms with Crippen molar-refractivity contribution in [2.45, 2.75) is 12.5 Å². The van der Waals surface area contributed by atoms with Crippen molar-refractivity contribution < 1.29 is 14.0 Å². The Morgan fingerprint density at radius 2 is 1.95 bits per heavy atom. The zero-order chi connectivity index (χ0) is 14.8. The summed E-state index contributed by atoms with van der Waals surface area (Å²) in [6, 6.07) is 9.58. The van der Waals surface area contributed by atoms with Crippen LogP contribution in [0.1, 0.15) is 18.4 Å². The first-order valence-corrected chi connectivity index (χ1v) is 6.58. The highest BCUT2D eigenvalue weighted by Crippen LogP contribution is 2.29. The number of halogens is 1. The lowest BCUT2D eigenvalue weighted by Gasteiger charge is -2.04. The number of nitrogens with zero attached hydrogens (tertiary/aromatic N) is 2. The van der Waals surface area contributed by atoms with E-state index in [1.807, 2.05) is 6.07 Å². The molecule has 2 aromatic carbocycles. The van der Waals surface area contributed by atoms with Crippen LogP contribution in [0.3, 0.4) is 0 Å². The summed E-state index contributed by atoms with van der Waals surface area (Å²) in [5, 5.41) is 14.0. The Balaban J connectivity index is 2.07. The van der Waals surface area contributed by atoms with E-state index in [-0.39, 0.29) is 18.3 Å². The van der Waals surface area contributed by atoms with Gasteiger partial charge in [-0.05, 0) is 23.9 Å². The maximum atomic E-state index is 13.8. The van der Waals surface area contributed by atoms with Gasteiger partial charge in [-0.2, -0.15) is 4.98 Å². The van der Waals surface area contributed by atoms with Crippen LogP contribution in [-0.2, 0) is 0 Å². The van der Waals surface area contributed by atoms with E-state index in [0.717, 1.165) is 0 Å². The monoisotopic (exact) mass is 287 g/mol. The van der Waals surface area contributed by atoms with Gasteiger partial charge in [-0.15, -0.1) is 0 Å². The van der Waals surface area contributed by atoms with Crippen LogP contribution in [0.2, 0.25) is 0 Å². The van der Waals surface area contributed by atoms with Crippen LogP contribution < -0.4 is 5.73 Å². The molecular weight excluding hydrogens is 273 g/mol. The number of hydrogen-bond donors (Lipinski definition) is 2. The fourth-order valence-corrected chi connectivity index (χ4v) is 2.22. The van der Waals surface area contributed by atoms with Crippen LogP contribution in [0.15, 0.2) is 40.9 Å². The highest BCUT2D eigenvalue weighted by Gasteiger charge is 2.17. The predicted molar refractivity (Wildman–Crippen MR) is 75.8 cm³/mol. The third-order valence-corrected chi connectivity index (χ3v) is 3.31. The van der Waals surface area contributed by atoms with Crippen LogP contribution in [-0.4, -0.2) is 21.9 Å². The molecule has 0 aliphatic rings. The largest absolute Gasteiger partial charge is 0.396 e. The zero-order valence-electron chi connectivity index (χ0n) is 11.2. The molecular formula is C15H14FN3O2. The predicted octanol–water partition coefficient (Wildman–Crippen LogP) is 2.41. The number of benzene rings is 2. The number of rotatable bonds is 4. The van der Waals surface area contributed by atoms with E-state index < -0.39 is 6.04 Å². The normalized spacial score (nSPS) is 12.7. The van der Waals surface area contributed by atoms with Gasteiger partial charge in [0.25, 0.3) is 0 Å². The molecule has 3 rings (SSSR count). The summed E-state index contributed by atoms with van der Waals surface area (Å²) in [6.07, 6.45) is 0.339. The fourth-order valence-electron chi connectivity index (χ4n) is 2.22. The van der Waals surface area contributed by atoms with E-state index in [2.05, 4.69) is 10.1 Å². The van der Waals surface area contributed by atoms with Crippen LogP contribution >= 0.6 is 0 Å². The summed E-state index contributed by atoms with van der Waals surface area (Å²) in [5.74, 6) is 0.317. The molecule has 1 atom stereocenters. The number of nitrogens with two attached hydrogens (primary N) is 1. The Morgan fingerprint density at radius 1 is 1.19 bits per heavy atom. The van der Waals surface area contributed by atoms with E-state index in [1.165, 1.54) is 6.07 Å². The number of aliphatic hydroxyl groups excluding tert-OH is 1. The molecule has 0 aliphatic carbocycles. The van der Waals surface area contributed by atoms with Gasteiger partial charge in [-0.3, -0.25) is 0 Å². The summed E-state index contributed by atoms with van der Waals surface area (Å²) in [7, 11) is 0. The summed E-state index contributed by atoms with van der Waals surface area (Å²) < 4.78 is 18.9. The molecule has 0 amide bonds. The zero-order valence-corrected chi connectivity index (χ0v) is 11.2. The molecule has 3 N–H and O–H groups in total. The Hall–Kier alpha value is -2.31. The van der Waals surface area contributed by atoms with Crippen LogP contribution in [0.4, 0.5) is 4.39 Å². The van der Waals surface area contributed by atoms with Gasteiger partial charge in [0.1, 0.15) is 5.82 Å². The molecule has 0 spiro atoms. The second kappa shape index (κ2) is 5.59. The van der Waals surface area contributed by atoms with Crippen molar-refractivity contribution in [2.75, 3.05) is 6.61 Å². The van der Waals surface area contributed by atoms with Gasteiger partial charge in [0, 0.05) is 17.6 Å². The highest BCUT2D eigenvalue weighted by atomic mass is 19.1. The van der Waals surface area contributed by atoms with Crippen molar-refractivity contribution in [1.29, 1.82) is 0 Å². The van der Waals surface area contributed by atoms with E-state index in [1.54, 1.807) is 24.3 Å². The smallest absolute Gasteiger partial charge is 0.243 e.